The fourth-order valence-electron chi connectivity index (χ4n) is 2.94. The molecular formula is C17H23N5O. The van der Waals surface area contributed by atoms with E-state index in [-0.39, 0.29) is 17.5 Å². The molecule has 1 N–H and O–H groups in total. The van der Waals surface area contributed by atoms with Crippen molar-refractivity contribution in [3.63, 3.8) is 0 Å². The molecule has 6 heteroatoms. The van der Waals surface area contributed by atoms with Gasteiger partial charge in [0.2, 0.25) is 5.91 Å². The minimum atomic E-state index is -0.234. The maximum absolute atomic E-state index is 12.7. The van der Waals surface area contributed by atoms with E-state index in [1.807, 2.05) is 32.9 Å². The second-order valence-corrected chi connectivity index (χ2v) is 7.01. The number of rotatable bonds is 2. The van der Waals surface area contributed by atoms with Crippen LogP contribution in [0.3, 0.4) is 0 Å². The number of anilines is 1. The van der Waals surface area contributed by atoms with Crippen LogP contribution in [0.5, 0.6) is 0 Å². The average Bonchev–Trinajstić information content (AvgIpc) is 2.53. The molecule has 1 aliphatic heterocycles. The van der Waals surface area contributed by atoms with Crippen LogP contribution in [0.2, 0.25) is 0 Å². The van der Waals surface area contributed by atoms with E-state index in [2.05, 4.69) is 25.2 Å². The lowest BCUT2D eigenvalue weighted by molar-refractivity contribution is -0.124. The Hall–Kier alpha value is -2.24. The molecule has 0 bridgehead atoms. The van der Waals surface area contributed by atoms with Crippen LogP contribution in [0.25, 0.3) is 11.2 Å². The number of hydrogen-bond acceptors (Lipinski definition) is 5. The van der Waals surface area contributed by atoms with Gasteiger partial charge in [0, 0.05) is 24.5 Å². The minimum Gasteiger partial charge on any atom is -0.350 e. The van der Waals surface area contributed by atoms with Gasteiger partial charge in [-0.25, -0.2) is 9.97 Å². The second-order valence-electron chi connectivity index (χ2n) is 7.01. The summed E-state index contributed by atoms with van der Waals surface area (Å²) in [6.45, 7) is 6.84. The van der Waals surface area contributed by atoms with E-state index in [0.717, 1.165) is 37.1 Å². The molecule has 2 aromatic heterocycles. The number of nitrogens with one attached hydrogen (secondary N) is 1. The number of pyridine rings is 1. The molecule has 1 atom stereocenters. The molecule has 3 rings (SSSR count). The Morgan fingerprint density at radius 2 is 2.00 bits per heavy atom. The number of nitrogens with zero attached hydrogens (tertiary/aromatic N) is 4. The molecule has 0 saturated carbocycles. The highest BCUT2D eigenvalue weighted by molar-refractivity contribution is 5.86. The molecule has 0 aliphatic carbocycles. The first-order valence-electron chi connectivity index (χ1n) is 8.10. The zero-order valence-electron chi connectivity index (χ0n) is 13.9. The van der Waals surface area contributed by atoms with Crippen molar-refractivity contribution >= 4 is 22.9 Å². The summed E-state index contributed by atoms with van der Waals surface area (Å²) < 4.78 is 0. The van der Waals surface area contributed by atoms with Crippen molar-refractivity contribution in [3.05, 3.63) is 24.5 Å². The predicted molar refractivity (Wildman–Crippen MR) is 90.2 cm³/mol. The van der Waals surface area contributed by atoms with Gasteiger partial charge in [0.1, 0.15) is 17.4 Å². The molecule has 1 fully saturated rings. The molecule has 0 unspecified atom stereocenters. The van der Waals surface area contributed by atoms with E-state index >= 15 is 0 Å². The van der Waals surface area contributed by atoms with E-state index in [9.17, 15) is 4.79 Å². The zero-order chi connectivity index (χ0) is 16.4. The van der Waals surface area contributed by atoms with Crippen molar-refractivity contribution < 1.29 is 4.79 Å². The van der Waals surface area contributed by atoms with Crippen LogP contribution in [-0.4, -0.2) is 39.0 Å². The van der Waals surface area contributed by atoms with Gasteiger partial charge in [-0.1, -0.05) is 0 Å². The van der Waals surface area contributed by atoms with Gasteiger partial charge in [0.25, 0.3) is 0 Å². The summed E-state index contributed by atoms with van der Waals surface area (Å²) in [4.78, 5) is 27.9. The molecule has 6 nitrogen and oxygen atoms in total. The Balaban J connectivity index is 1.89. The molecule has 23 heavy (non-hydrogen) atoms. The molecule has 122 valence electrons. The minimum absolute atomic E-state index is 0.0678. The lowest BCUT2D eigenvalue weighted by atomic mass is 9.99. The first-order chi connectivity index (χ1) is 10.9. The Bertz CT molecular complexity index is 709. The van der Waals surface area contributed by atoms with Gasteiger partial charge in [-0.3, -0.25) is 9.78 Å². The number of carbonyl (C=O) groups excluding carboxylic acids is 1. The van der Waals surface area contributed by atoms with Gasteiger partial charge in [-0.2, -0.15) is 0 Å². The number of fused-ring (bicyclic) bond motifs is 1. The molecular weight excluding hydrogens is 290 g/mol. The van der Waals surface area contributed by atoms with Crippen LogP contribution >= 0.6 is 0 Å². The monoisotopic (exact) mass is 313 g/mol. The third-order valence-electron chi connectivity index (χ3n) is 3.91. The van der Waals surface area contributed by atoms with Crippen molar-refractivity contribution in [2.45, 2.75) is 51.6 Å². The highest BCUT2D eigenvalue weighted by Gasteiger charge is 2.31. The van der Waals surface area contributed by atoms with Gasteiger partial charge in [0.15, 0.2) is 5.65 Å². The molecule has 0 aromatic carbocycles. The summed E-state index contributed by atoms with van der Waals surface area (Å²) >= 11 is 0. The summed E-state index contributed by atoms with van der Waals surface area (Å²) in [7, 11) is 0. The normalized spacial score (nSPS) is 18.9. The first kappa shape index (κ1) is 15.6. The SMILES string of the molecule is CC(C)(C)NC(=O)[C@H]1CCCCN1c1ccc2nccnc2n1. The molecule has 0 spiro atoms. The Morgan fingerprint density at radius 1 is 1.22 bits per heavy atom. The largest absolute Gasteiger partial charge is 0.350 e. The number of carbonyl (C=O) groups is 1. The van der Waals surface area contributed by atoms with Crippen LogP contribution in [0.1, 0.15) is 40.0 Å². The molecule has 1 aliphatic rings. The average molecular weight is 313 g/mol. The van der Waals surface area contributed by atoms with E-state index in [1.54, 1.807) is 12.4 Å². The van der Waals surface area contributed by atoms with Crippen molar-refractivity contribution in [1.29, 1.82) is 0 Å². The third kappa shape index (κ3) is 3.57. The van der Waals surface area contributed by atoms with Gasteiger partial charge in [-0.05, 0) is 52.2 Å². The van der Waals surface area contributed by atoms with Crippen molar-refractivity contribution in [3.8, 4) is 0 Å². The lowest BCUT2D eigenvalue weighted by Crippen LogP contribution is -2.54. The van der Waals surface area contributed by atoms with Gasteiger partial charge in [0.05, 0.1) is 0 Å². The topological polar surface area (TPSA) is 71.0 Å². The highest BCUT2D eigenvalue weighted by Crippen LogP contribution is 2.25. The quantitative estimate of drug-likeness (QED) is 0.921. The summed E-state index contributed by atoms with van der Waals surface area (Å²) in [6, 6.07) is 3.67. The van der Waals surface area contributed by atoms with Crippen molar-refractivity contribution in [1.82, 2.24) is 20.3 Å². The fourth-order valence-corrected chi connectivity index (χ4v) is 2.94. The number of aromatic nitrogens is 3. The summed E-state index contributed by atoms with van der Waals surface area (Å²) in [6.07, 6.45) is 6.27. The fraction of sp³-hybridized carbons (Fsp3) is 0.529. The predicted octanol–water partition coefficient (Wildman–Crippen LogP) is 2.30. The third-order valence-corrected chi connectivity index (χ3v) is 3.91. The zero-order valence-corrected chi connectivity index (χ0v) is 13.9. The van der Waals surface area contributed by atoms with Gasteiger partial charge >= 0.3 is 0 Å². The van der Waals surface area contributed by atoms with Crippen LogP contribution in [0.4, 0.5) is 5.82 Å². The van der Waals surface area contributed by atoms with Crippen LogP contribution < -0.4 is 10.2 Å². The first-order valence-corrected chi connectivity index (χ1v) is 8.10. The Kier molecular flexibility index (Phi) is 4.15. The molecule has 3 heterocycles. The van der Waals surface area contributed by atoms with Crippen molar-refractivity contribution in [2.24, 2.45) is 0 Å². The highest BCUT2D eigenvalue weighted by atomic mass is 16.2. The number of amides is 1. The second kappa shape index (κ2) is 6.10. The van der Waals surface area contributed by atoms with Crippen LogP contribution in [0, 0.1) is 0 Å². The van der Waals surface area contributed by atoms with E-state index in [4.69, 9.17) is 0 Å². The molecule has 1 amide bonds. The van der Waals surface area contributed by atoms with E-state index < -0.39 is 0 Å². The Morgan fingerprint density at radius 3 is 2.78 bits per heavy atom. The molecule has 2 aromatic rings. The van der Waals surface area contributed by atoms with E-state index in [1.165, 1.54) is 0 Å². The van der Waals surface area contributed by atoms with Crippen LogP contribution in [-0.2, 0) is 4.79 Å². The summed E-state index contributed by atoms with van der Waals surface area (Å²) in [5.41, 5.74) is 1.15. The van der Waals surface area contributed by atoms with E-state index in [0.29, 0.717) is 5.65 Å². The standard InChI is InChI=1S/C17H23N5O/c1-17(2,3)21-16(23)13-6-4-5-11-22(13)14-8-7-12-15(20-14)19-10-9-18-12/h7-10,13H,4-6,11H2,1-3H3,(H,21,23)/t13-/m1/s1. The van der Waals surface area contributed by atoms with Gasteiger partial charge < -0.3 is 10.2 Å². The lowest BCUT2D eigenvalue weighted by Gasteiger charge is -2.37. The molecule has 0 radical (unpaired) electrons. The number of hydrogen-bond donors (Lipinski definition) is 1. The smallest absolute Gasteiger partial charge is 0.243 e. The maximum Gasteiger partial charge on any atom is 0.243 e. The maximum atomic E-state index is 12.7. The van der Waals surface area contributed by atoms with Crippen molar-refractivity contribution in [2.75, 3.05) is 11.4 Å². The number of piperidine rings is 1. The summed E-state index contributed by atoms with van der Waals surface area (Å²) in [5.74, 6) is 0.866. The van der Waals surface area contributed by atoms with Crippen LogP contribution in [0.15, 0.2) is 24.5 Å². The molecule has 1 saturated heterocycles. The Labute approximate surface area is 136 Å². The van der Waals surface area contributed by atoms with Gasteiger partial charge in [-0.15, -0.1) is 0 Å². The summed E-state index contributed by atoms with van der Waals surface area (Å²) in [5, 5.41) is 3.09.